The van der Waals surface area contributed by atoms with E-state index in [1.807, 2.05) is 0 Å². The Morgan fingerprint density at radius 3 is 2.91 bits per heavy atom. The Morgan fingerprint density at radius 2 is 2.18 bits per heavy atom. The molecule has 2 heterocycles. The predicted octanol–water partition coefficient (Wildman–Crippen LogP) is 1.55. The minimum absolute atomic E-state index is 0.391. The molecule has 0 aromatic rings. The third kappa shape index (κ3) is 1.05. The Hall–Kier alpha value is -0.530. The van der Waals surface area contributed by atoms with Gasteiger partial charge in [0.05, 0.1) is 0 Å². The van der Waals surface area contributed by atoms with E-state index < -0.39 is 0 Å². The molecule has 0 aromatic heterocycles. The second kappa shape index (κ2) is 2.50. The summed E-state index contributed by atoms with van der Waals surface area (Å²) in [7, 11) is 0. The molecule has 1 amide bonds. The van der Waals surface area contributed by atoms with Crippen molar-refractivity contribution in [1.82, 2.24) is 4.90 Å². The molecule has 2 rings (SSSR count). The summed E-state index contributed by atoms with van der Waals surface area (Å²) in [6.45, 7) is 2.18. The van der Waals surface area contributed by atoms with Crippen molar-refractivity contribution in [2.75, 3.05) is 0 Å². The minimum Gasteiger partial charge on any atom is -0.337 e. The van der Waals surface area contributed by atoms with Crippen molar-refractivity contribution in [2.24, 2.45) is 0 Å². The van der Waals surface area contributed by atoms with Crippen molar-refractivity contribution in [3.63, 3.8) is 0 Å². The van der Waals surface area contributed by atoms with E-state index >= 15 is 0 Å². The average molecular weight is 153 g/mol. The van der Waals surface area contributed by atoms with E-state index in [1.54, 1.807) is 0 Å². The smallest absolute Gasteiger partial charge is 0.223 e. The number of carbonyl (C=O) groups is 1. The zero-order valence-corrected chi connectivity index (χ0v) is 7.05. The van der Waals surface area contributed by atoms with Crippen LogP contribution in [0.1, 0.15) is 39.0 Å². The van der Waals surface area contributed by atoms with Crippen molar-refractivity contribution in [1.29, 1.82) is 0 Å². The van der Waals surface area contributed by atoms with Gasteiger partial charge in [-0.15, -0.1) is 0 Å². The largest absolute Gasteiger partial charge is 0.337 e. The maximum absolute atomic E-state index is 11.3. The van der Waals surface area contributed by atoms with Crippen LogP contribution in [0.3, 0.4) is 0 Å². The monoisotopic (exact) mass is 153 g/mol. The summed E-state index contributed by atoms with van der Waals surface area (Å²) in [5.41, 5.74) is 0. The molecule has 0 unspecified atom stereocenters. The van der Waals surface area contributed by atoms with E-state index in [4.69, 9.17) is 0 Å². The fraction of sp³-hybridized carbons (Fsp3) is 0.889. The lowest BCUT2D eigenvalue weighted by Gasteiger charge is -2.35. The summed E-state index contributed by atoms with van der Waals surface area (Å²) in [5.74, 6) is 0.391. The highest BCUT2D eigenvalue weighted by Crippen LogP contribution is 2.31. The number of rotatable bonds is 0. The molecular formula is C9H15NO. The molecule has 2 aliphatic heterocycles. The van der Waals surface area contributed by atoms with Gasteiger partial charge >= 0.3 is 0 Å². The summed E-state index contributed by atoms with van der Waals surface area (Å²) in [6.07, 6.45) is 5.69. The number of fused-ring (bicyclic) bond motifs is 1. The van der Waals surface area contributed by atoms with Crippen molar-refractivity contribution in [3.05, 3.63) is 0 Å². The van der Waals surface area contributed by atoms with Gasteiger partial charge in [-0.1, -0.05) is 0 Å². The van der Waals surface area contributed by atoms with Crippen molar-refractivity contribution in [2.45, 2.75) is 51.1 Å². The van der Waals surface area contributed by atoms with Gasteiger partial charge in [-0.2, -0.15) is 0 Å². The SMILES string of the molecule is C[C@@H]1CCC[C@@H]2CCC(=O)N21. The molecule has 0 saturated carbocycles. The molecule has 2 nitrogen and oxygen atoms in total. The number of hydrogen-bond acceptors (Lipinski definition) is 1. The summed E-state index contributed by atoms with van der Waals surface area (Å²) < 4.78 is 0. The van der Waals surface area contributed by atoms with Crippen LogP contribution < -0.4 is 0 Å². The molecule has 2 heteroatoms. The van der Waals surface area contributed by atoms with Gasteiger partial charge in [0.1, 0.15) is 0 Å². The first-order valence-corrected chi connectivity index (χ1v) is 4.60. The average Bonchev–Trinajstić information content (AvgIpc) is 2.34. The predicted molar refractivity (Wildman–Crippen MR) is 43.2 cm³/mol. The van der Waals surface area contributed by atoms with Crippen LogP contribution in [0.4, 0.5) is 0 Å². The van der Waals surface area contributed by atoms with Crippen LogP contribution in [-0.4, -0.2) is 22.9 Å². The van der Waals surface area contributed by atoms with Crippen LogP contribution >= 0.6 is 0 Å². The number of nitrogens with zero attached hydrogens (tertiary/aromatic N) is 1. The Morgan fingerprint density at radius 1 is 1.36 bits per heavy atom. The minimum atomic E-state index is 0.391. The Bertz CT molecular complexity index is 178. The lowest BCUT2D eigenvalue weighted by molar-refractivity contribution is -0.132. The fourth-order valence-electron chi connectivity index (χ4n) is 2.44. The molecule has 62 valence electrons. The quantitative estimate of drug-likeness (QED) is 0.517. The molecule has 2 atom stereocenters. The molecule has 0 aliphatic carbocycles. The summed E-state index contributed by atoms with van der Waals surface area (Å²) in [4.78, 5) is 13.5. The first-order valence-electron chi connectivity index (χ1n) is 4.60. The van der Waals surface area contributed by atoms with Gasteiger partial charge in [0.25, 0.3) is 0 Å². The van der Waals surface area contributed by atoms with Gasteiger partial charge in [-0.05, 0) is 32.6 Å². The summed E-state index contributed by atoms with van der Waals surface area (Å²) >= 11 is 0. The molecule has 0 aromatic carbocycles. The summed E-state index contributed by atoms with van der Waals surface area (Å²) in [6, 6.07) is 1.12. The van der Waals surface area contributed by atoms with Crippen LogP contribution in [0.15, 0.2) is 0 Å². The van der Waals surface area contributed by atoms with Gasteiger partial charge in [0.15, 0.2) is 0 Å². The molecule has 2 fully saturated rings. The normalized spacial score (nSPS) is 37.5. The molecule has 2 saturated heterocycles. The highest BCUT2D eigenvalue weighted by Gasteiger charge is 2.36. The standard InChI is InChI=1S/C9H15NO/c1-7-3-2-4-8-5-6-9(11)10(7)8/h7-8H,2-6H2,1H3/t7-,8-/m1/s1. The third-order valence-electron chi connectivity index (χ3n) is 3.01. The topological polar surface area (TPSA) is 20.3 Å². The molecule has 0 N–H and O–H groups in total. The van der Waals surface area contributed by atoms with Gasteiger partial charge in [-0.3, -0.25) is 4.79 Å². The van der Waals surface area contributed by atoms with Crippen molar-refractivity contribution >= 4 is 5.91 Å². The molecule has 0 spiro atoms. The Kier molecular flexibility index (Phi) is 1.63. The van der Waals surface area contributed by atoms with E-state index in [9.17, 15) is 4.79 Å². The maximum Gasteiger partial charge on any atom is 0.223 e. The Labute approximate surface area is 67.6 Å². The maximum atomic E-state index is 11.3. The first-order chi connectivity index (χ1) is 5.29. The van der Waals surface area contributed by atoms with Crippen molar-refractivity contribution < 1.29 is 4.79 Å². The van der Waals surface area contributed by atoms with Crippen LogP contribution in [0.25, 0.3) is 0 Å². The first kappa shape index (κ1) is 7.14. The highest BCUT2D eigenvalue weighted by atomic mass is 16.2. The number of carbonyl (C=O) groups excluding carboxylic acids is 1. The molecule has 0 bridgehead atoms. The molecular weight excluding hydrogens is 138 g/mol. The van der Waals surface area contributed by atoms with E-state index in [-0.39, 0.29) is 0 Å². The highest BCUT2D eigenvalue weighted by molar-refractivity contribution is 5.79. The zero-order chi connectivity index (χ0) is 7.84. The van der Waals surface area contributed by atoms with Crippen LogP contribution in [0.5, 0.6) is 0 Å². The fourth-order valence-corrected chi connectivity index (χ4v) is 2.44. The van der Waals surface area contributed by atoms with E-state index in [0.29, 0.717) is 18.0 Å². The second-order valence-corrected chi connectivity index (χ2v) is 3.77. The van der Waals surface area contributed by atoms with E-state index in [1.165, 1.54) is 19.3 Å². The second-order valence-electron chi connectivity index (χ2n) is 3.77. The summed E-state index contributed by atoms with van der Waals surface area (Å²) in [5, 5.41) is 0. The van der Waals surface area contributed by atoms with E-state index in [2.05, 4.69) is 11.8 Å². The Balaban J connectivity index is 2.14. The lowest BCUT2D eigenvalue weighted by Crippen LogP contribution is -2.43. The van der Waals surface area contributed by atoms with Crippen LogP contribution in [0.2, 0.25) is 0 Å². The van der Waals surface area contributed by atoms with Gasteiger partial charge < -0.3 is 4.90 Å². The third-order valence-corrected chi connectivity index (χ3v) is 3.01. The number of hydrogen-bond donors (Lipinski definition) is 0. The molecule has 0 radical (unpaired) electrons. The zero-order valence-electron chi connectivity index (χ0n) is 7.05. The van der Waals surface area contributed by atoms with E-state index in [0.717, 1.165) is 12.8 Å². The van der Waals surface area contributed by atoms with Gasteiger partial charge in [0, 0.05) is 18.5 Å². The van der Waals surface area contributed by atoms with Gasteiger partial charge in [-0.25, -0.2) is 0 Å². The molecule has 2 aliphatic rings. The lowest BCUT2D eigenvalue weighted by atomic mass is 9.98. The molecule has 11 heavy (non-hydrogen) atoms. The van der Waals surface area contributed by atoms with Crippen molar-refractivity contribution in [3.8, 4) is 0 Å². The van der Waals surface area contributed by atoms with Crippen LogP contribution in [-0.2, 0) is 4.79 Å². The van der Waals surface area contributed by atoms with Gasteiger partial charge in [0.2, 0.25) is 5.91 Å². The van der Waals surface area contributed by atoms with Crippen LogP contribution in [0, 0.1) is 0 Å². The number of amides is 1. The number of piperidine rings is 1.